The summed E-state index contributed by atoms with van der Waals surface area (Å²) in [6.07, 6.45) is 4.84. The average molecular weight is 311 g/mol. The molecule has 0 aliphatic carbocycles. The Morgan fingerprint density at radius 3 is 2.57 bits per heavy atom. The summed E-state index contributed by atoms with van der Waals surface area (Å²) in [7, 11) is 0. The fourth-order valence-corrected chi connectivity index (χ4v) is 2.76. The predicted octanol–water partition coefficient (Wildman–Crippen LogP) is 5.50. The quantitative estimate of drug-likeness (QED) is 0.584. The monoisotopic (exact) mass is 311 g/mol. The van der Waals surface area contributed by atoms with Crippen molar-refractivity contribution >= 4 is 22.7 Å². The zero-order valence-corrected chi connectivity index (χ0v) is 13.4. The Hall–Kier alpha value is -2.36. The SMILES string of the molecule is CCCCCCn1c(Nc2ccc(F)cc2)nc2ccccc21. The van der Waals surface area contributed by atoms with Crippen LogP contribution in [0, 0.1) is 5.82 Å². The van der Waals surface area contributed by atoms with Gasteiger partial charge >= 0.3 is 0 Å². The molecule has 0 unspecified atom stereocenters. The van der Waals surface area contributed by atoms with Gasteiger partial charge in [0.1, 0.15) is 5.82 Å². The molecule has 0 aliphatic heterocycles. The molecule has 3 rings (SSSR count). The number of anilines is 2. The molecule has 1 N–H and O–H groups in total. The number of nitrogens with one attached hydrogen (secondary N) is 1. The van der Waals surface area contributed by atoms with Gasteiger partial charge in [0.25, 0.3) is 0 Å². The van der Waals surface area contributed by atoms with E-state index in [-0.39, 0.29) is 5.82 Å². The van der Waals surface area contributed by atoms with Crippen LogP contribution in [0.2, 0.25) is 0 Å². The molecule has 0 saturated heterocycles. The highest BCUT2D eigenvalue weighted by molar-refractivity contribution is 5.79. The van der Waals surface area contributed by atoms with E-state index in [4.69, 9.17) is 0 Å². The van der Waals surface area contributed by atoms with Gasteiger partial charge in [0.05, 0.1) is 11.0 Å². The lowest BCUT2D eigenvalue weighted by atomic mass is 10.2. The Morgan fingerprint density at radius 1 is 1.00 bits per heavy atom. The Labute approximate surface area is 136 Å². The molecule has 0 aliphatic rings. The van der Waals surface area contributed by atoms with Crippen LogP contribution in [0.25, 0.3) is 11.0 Å². The van der Waals surface area contributed by atoms with Crippen molar-refractivity contribution in [3.63, 3.8) is 0 Å². The third-order valence-corrected chi connectivity index (χ3v) is 3.99. The molecule has 0 spiro atoms. The summed E-state index contributed by atoms with van der Waals surface area (Å²) in [5.74, 6) is 0.581. The molecule has 0 atom stereocenters. The van der Waals surface area contributed by atoms with E-state index in [0.717, 1.165) is 35.6 Å². The van der Waals surface area contributed by atoms with Crippen LogP contribution in [-0.4, -0.2) is 9.55 Å². The van der Waals surface area contributed by atoms with E-state index in [0.29, 0.717) is 0 Å². The molecule has 0 fully saturated rings. The van der Waals surface area contributed by atoms with Crippen LogP contribution < -0.4 is 5.32 Å². The topological polar surface area (TPSA) is 29.9 Å². The first-order chi connectivity index (χ1) is 11.3. The molecule has 120 valence electrons. The number of rotatable bonds is 7. The summed E-state index contributed by atoms with van der Waals surface area (Å²) in [6.45, 7) is 3.15. The zero-order chi connectivity index (χ0) is 16.1. The van der Waals surface area contributed by atoms with Gasteiger partial charge in [-0.1, -0.05) is 38.3 Å². The van der Waals surface area contributed by atoms with E-state index in [2.05, 4.69) is 27.9 Å². The first kappa shape index (κ1) is 15.5. The summed E-state index contributed by atoms with van der Waals surface area (Å²) >= 11 is 0. The van der Waals surface area contributed by atoms with E-state index in [1.54, 1.807) is 12.1 Å². The van der Waals surface area contributed by atoms with Gasteiger partial charge in [-0.05, 0) is 42.8 Å². The summed E-state index contributed by atoms with van der Waals surface area (Å²) in [4.78, 5) is 4.69. The first-order valence-electron chi connectivity index (χ1n) is 8.26. The van der Waals surface area contributed by atoms with Gasteiger partial charge < -0.3 is 9.88 Å². The van der Waals surface area contributed by atoms with Crippen molar-refractivity contribution in [2.75, 3.05) is 5.32 Å². The fraction of sp³-hybridized carbons (Fsp3) is 0.316. The number of hydrogen-bond acceptors (Lipinski definition) is 2. The van der Waals surface area contributed by atoms with Gasteiger partial charge in [0.2, 0.25) is 5.95 Å². The van der Waals surface area contributed by atoms with E-state index in [1.807, 2.05) is 18.2 Å². The summed E-state index contributed by atoms with van der Waals surface area (Å²) in [6, 6.07) is 14.5. The standard InChI is InChI=1S/C19H22FN3/c1-2-3-4-7-14-23-18-9-6-5-8-17(18)22-19(23)21-16-12-10-15(20)11-13-16/h5-6,8-13H,2-4,7,14H2,1H3,(H,21,22). The Morgan fingerprint density at radius 2 is 1.78 bits per heavy atom. The second-order valence-electron chi connectivity index (χ2n) is 5.77. The van der Waals surface area contributed by atoms with Gasteiger partial charge in [-0.25, -0.2) is 9.37 Å². The maximum atomic E-state index is 13.1. The maximum absolute atomic E-state index is 13.1. The van der Waals surface area contributed by atoms with Crippen LogP contribution in [-0.2, 0) is 6.54 Å². The number of para-hydroxylation sites is 2. The Bertz CT molecular complexity index is 762. The van der Waals surface area contributed by atoms with Gasteiger partial charge in [-0.3, -0.25) is 0 Å². The first-order valence-corrected chi connectivity index (χ1v) is 8.26. The smallest absolute Gasteiger partial charge is 0.208 e. The number of nitrogens with zero attached hydrogens (tertiary/aromatic N) is 2. The van der Waals surface area contributed by atoms with Crippen LogP contribution in [0.3, 0.4) is 0 Å². The molecule has 1 aromatic heterocycles. The van der Waals surface area contributed by atoms with Gasteiger partial charge in [-0.2, -0.15) is 0 Å². The predicted molar refractivity (Wildman–Crippen MR) is 93.6 cm³/mol. The van der Waals surface area contributed by atoms with Crippen molar-refractivity contribution in [1.82, 2.24) is 9.55 Å². The number of fused-ring (bicyclic) bond motifs is 1. The van der Waals surface area contributed by atoms with E-state index < -0.39 is 0 Å². The lowest BCUT2D eigenvalue weighted by molar-refractivity contribution is 0.595. The number of halogens is 1. The molecule has 1 heterocycles. The van der Waals surface area contributed by atoms with Crippen LogP contribution in [0.4, 0.5) is 16.0 Å². The minimum atomic E-state index is -0.233. The normalized spacial score (nSPS) is 11.0. The Kier molecular flexibility index (Phi) is 4.91. The second kappa shape index (κ2) is 7.27. The minimum absolute atomic E-state index is 0.233. The molecule has 2 aromatic carbocycles. The van der Waals surface area contributed by atoms with Gasteiger partial charge in [0, 0.05) is 12.2 Å². The van der Waals surface area contributed by atoms with Crippen LogP contribution in [0.1, 0.15) is 32.6 Å². The number of aromatic nitrogens is 2. The lowest BCUT2D eigenvalue weighted by Crippen LogP contribution is -2.04. The fourth-order valence-electron chi connectivity index (χ4n) is 2.76. The van der Waals surface area contributed by atoms with E-state index in [9.17, 15) is 4.39 Å². The molecule has 0 amide bonds. The number of hydrogen-bond donors (Lipinski definition) is 1. The summed E-state index contributed by atoms with van der Waals surface area (Å²) < 4.78 is 15.3. The van der Waals surface area contributed by atoms with Crippen molar-refractivity contribution < 1.29 is 4.39 Å². The lowest BCUT2D eigenvalue weighted by Gasteiger charge is -2.11. The van der Waals surface area contributed by atoms with Crippen LogP contribution in [0.5, 0.6) is 0 Å². The van der Waals surface area contributed by atoms with Crippen LogP contribution in [0.15, 0.2) is 48.5 Å². The molecule has 0 saturated carbocycles. The molecule has 23 heavy (non-hydrogen) atoms. The molecular formula is C19H22FN3. The largest absolute Gasteiger partial charge is 0.326 e. The summed E-state index contributed by atoms with van der Waals surface area (Å²) in [5, 5.41) is 3.32. The molecule has 3 nitrogen and oxygen atoms in total. The summed E-state index contributed by atoms with van der Waals surface area (Å²) in [5.41, 5.74) is 2.96. The third-order valence-electron chi connectivity index (χ3n) is 3.99. The van der Waals surface area contributed by atoms with Gasteiger partial charge in [-0.15, -0.1) is 0 Å². The van der Waals surface area contributed by atoms with E-state index in [1.165, 1.54) is 31.4 Å². The van der Waals surface area contributed by atoms with Crippen molar-refractivity contribution in [1.29, 1.82) is 0 Å². The Balaban J connectivity index is 1.86. The molecule has 4 heteroatoms. The van der Waals surface area contributed by atoms with E-state index >= 15 is 0 Å². The van der Waals surface area contributed by atoms with Crippen molar-refractivity contribution in [3.05, 3.63) is 54.3 Å². The zero-order valence-electron chi connectivity index (χ0n) is 13.4. The molecular weight excluding hydrogens is 289 g/mol. The second-order valence-corrected chi connectivity index (χ2v) is 5.77. The van der Waals surface area contributed by atoms with Crippen molar-refractivity contribution in [3.8, 4) is 0 Å². The number of benzene rings is 2. The van der Waals surface area contributed by atoms with Crippen LogP contribution >= 0.6 is 0 Å². The number of imidazole rings is 1. The van der Waals surface area contributed by atoms with Crippen molar-refractivity contribution in [2.24, 2.45) is 0 Å². The number of unbranched alkanes of at least 4 members (excludes halogenated alkanes) is 3. The van der Waals surface area contributed by atoms with Gasteiger partial charge in [0.15, 0.2) is 0 Å². The van der Waals surface area contributed by atoms with Crippen molar-refractivity contribution in [2.45, 2.75) is 39.2 Å². The highest BCUT2D eigenvalue weighted by Gasteiger charge is 2.10. The minimum Gasteiger partial charge on any atom is -0.326 e. The molecule has 0 radical (unpaired) electrons. The highest BCUT2D eigenvalue weighted by atomic mass is 19.1. The average Bonchev–Trinajstić information content (AvgIpc) is 2.91. The third kappa shape index (κ3) is 3.70. The highest BCUT2D eigenvalue weighted by Crippen LogP contribution is 2.23. The molecule has 3 aromatic rings. The maximum Gasteiger partial charge on any atom is 0.208 e. The number of aryl methyl sites for hydroxylation is 1. The molecule has 0 bridgehead atoms.